The lowest BCUT2D eigenvalue weighted by molar-refractivity contribution is -0.122. The van der Waals surface area contributed by atoms with Crippen molar-refractivity contribution in [2.75, 3.05) is 0 Å². The summed E-state index contributed by atoms with van der Waals surface area (Å²) in [4.78, 5) is 11.5. The summed E-state index contributed by atoms with van der Waals surface area (Å²) in [5, 5.41) is 0. The van der Waals surface area contributed by atoms with Gasteiger partial charge in [-0.25, -0.2) is 0 Å². The zero-order valence-corrected chi connectivity index (χ0v) is 10.1. The van der Waals surface area contributed by atoms with E-state index in [2.05, 4.69) is 32.0 Å². The Morgan fingerprint density at radius 3 is 2.60 bits per heavy atom. The number of hydrogen-bond acceptors (Lipinski definition) is 1. The second-order valence-corrected chi connectivity index (χ2v) is 4.35. The fraction of sp³-hybridized carbons (Fsp3) is 0.500. The molecule has 1 aromatic carbocycles. The van der Waals surface area contributed by atoms with E-state index < -0.39 is 0 Å². The van der Waals surface area contributed by atoms with Gasteiger partial charge in [0.05, 0.1) is 0 Å². The SMILES string of the molecule is CCC(=O)C(C)Cc1cc(C)ccc1C. The first-order valence-electron chi connectivity index (χ1n) is 5.63. The predicted octanol–water partition coefficient (Wildman–Crippen LogP) is 3.46. The Bertz CT molecular complexity index is 352. The summed E-state index contributed by atoms with van der Waals surface area (Å²) in [5.74, 6) is 0.506. The molecule has 0 amide bonds. The van der Waals surface area contributed by atoms with Crippen molar-refractivity contribution in [1.82, 2.24) is 0 Å². The molecule has 1 aromatic rings. The monoisotopic (exact) mass is 204 g/mol. The van der Waals surface area contributed by atoms with Crippen molar-refractivity contribution in [1.29, 1.82) is 0 Å². The van der Waals surface area contributed by atoms with Gasteiger partial charge in [-0.1, -0.05) is 37.6 Å². The molecule has 0 saturated carbocycles. The zero-order valence-electron chi connectivity index (χ0n) is 10.1. The van der Waals surface area contributed by atoms with E-state index in [0.717, 1.165) is 6.42 Å². The summed E-state index contributed by atoms with van der Waals surface area (Å²) >= 11 is 0. The first kappa shape index (κ1) is 12.0. The lowest BCUT2D eigenvalue weighted by atomic mass is 9.92. The minimum atomic E-state index is 0.149. The third-order valence-corrected chi connectivity index (χ3v) is 2.93. The van der Waals surface area contributed by atoms with Crippen molar-refractivity contribution in [2.24, 2.45) is 5.92 Å². The third-order valence-electron chi connectivity index (χ3n) is 2.93. The minimum absolute atomic E-state index is 0.149. The normalized spacial score (nSPS) is 12.5. The third kappa shape index (κ3) is 3.19. The van der Waals surface area contributed by atoms with E-state index >= 15 is 0 Å². The lowest BCUT2D eigenvalue weighted by Crippen LogP contribution is -2.13. The Hall–Kier alpha value is -1.11. The first-order chi connectivity index (χ1) is 7.04. The Morgan fingerprint density at radius 1 is 1.33 bits per heavy atom. The number of aryl methyl sites for hydroxylation is 2. The molecule has 1 heteroatoms. The van der Waals surface area contributed by atoms with Gasteiger partial charge in [-0.05, 0) is 31.4 Å². The highest BCUT2D eigenvalue weighted by atomic mass is 16.1. The zero-order chi connectivity index (χ0) is 11.4. The molecule has 0 saturated heterocycles. The molecule has 1 unspecified atom stereocenters. The van der Waals surface area contributed by atoms with Crippen molar-refractivity contribution < 1.29 is 4.79 Å². The molecule has 0 N–H and O–H groups in total. The molecule has 1 nitrogen and oxygen atoms in total. The molecular weight excluding hydrogens is 184 g/mol. The van der Waals surface area contributed by atoms with Crippen LogP contribution in [0.4, 0.5) is 0 Å². The van der Waals surface area contributed by atoms with Crippen LogP contribution in [0.2, 0.25) is 0 Å². The van der Waals surface area contributed by atoms with E-state index in [1.54, 1.807) is 0 Å². The molecule has 0 radical (unpaired) electrons. The second kappa shape index (κ2) is 5.11. The minimum Gasteiger partial charge on any atom is -0.299 e. The van der Waals surface area contributed by atoms with Crippen LogP contribution in [0.3, 0.4) is 0 Å². The van der Waals surface area contributed by atoms with E-state index in [-0.39, 0.29) is 5.92 Å². The van der Waals surface area contributed by atoms with Crippen molar-refractivity contribution >= 4 is 5.78 Å². The smallest absolute Gasteiger partial charge is 0.135 e. The molecule has 0 bridgehead atoms. The van der Waals surface area contributed by atoms with Gasteiger partial charge in [0.25, 0.3) is 0 Å². The van der Waals surface area contributed by atoms with Crippen LogP contribution in [0.15, 0.2) is 18.2 Å². The van der Waals surface area contributed by atoms with Crippen LogP contribution >= 0.6 is 0 Å². The van der Waals surface area contributed by atoms with Crippen LogP contribution in [0.25, 0.3) is 0 Å². The summed E-state index contributed by atoms with van der Waals surface area (Å²) in [7, 11) is 0. The summed E-state index contributed by atoms with van der Waals surface area (Å²) in [6.45, 7) is 8.16. The molecule has 0 aliphatic rings. The van der Waals surface area contributed by atoms with Gasteiger partial charge in [0.1, 0.15) is 5.78 Å². The molecule has 1 atom stereocenters. The van der Waals surface area contributed by atoms with E-state index in [9.17, 15) is 4.79 Å². The quantitative estimate of drug-likeness (QED) is 0.734. The summed E-state index contributed by atoms with van der Waals surface area (Å²) in [6.07, 6.45) is 1.52. The number of benzene rings is 1. The van der Waals surface area contributed by atoms with Crippen LogP contribution in [0, 0.1) is 19.8 Å². The van der Waals surface area contributed by atoms with E-state index in [4.69, 9.17) is 0 Å². The van der Waals surface area contributed by atoms with Gasteiger partial charge in [0.15, 0.2) is 0 Å². The summed E-state index contributed by atoms with van der Waals surface area (Å²) < 4.78 is 0. The fourth-order valence-electron chi connectivity index (χ4n) is 1.81. The van der Waals surface area contributed by atoms with E-state index in [1.807, 2.05) is 13.8 Å². The number of Topliss-reactive ketones (excluding diaryl/α,β-unsaturated/α-hetero) is 1. The molecule has 1 rings (SSSR count). The Kier molecular flexibility index (Phi) is 4.07. The first-order valence-corrected chi connectivity index (χ1v) is 5.63. The second-order valence-electron chi connectivity index (χ2n) is 4.35. The number of ketones is 1. The number of carbonyl (C=O) groups is 1. The Morgan fingerprint density at radius 2 is 2.00 bits per heavy atom. The van der Waals surface area contributed by atoms with Gasteiger partial charge in [-0.2, -0.15) is 0 Å². The van der Waals surface area contributed by atoms with Crippen molar-refractivity contribution in [3.63, 3.8) is 0 Å². The highest BCUT2D eigenvalue weighted by Gasteiger charge is 2.12. The van der Waals surface area contributed by atoms with Crippen molar-refractivity contribution in [3.8, 4) is 0 Å². The lowest BCUT2D eigenvalue weighted by Gasteiger charge is -2.12. The highest BCUT2D eigenvalue weighted by Crippen LogP contribution is 2.16. The maximum atomic E-state index is 11.5. The van der Waals surface area contributed by atoms with Gasteiger partial charge in [-0.3, -0.25) is 4.79 Å². The van der Waals surface area contributed by atoms with Crippen LogP contribution in [0.1, 0.15) is 37.0 Å². The van der Waals surface area contributed by atoms with Crippen LogP contribution < -0.4 is 0 Å². The van der Waals surface area contributed by atoms with Crippen LogP contribution in [0.5, 0.6) is 0 Å². The summed E-state index contributed by atoms with van der Waals surface area (Å²) in [6, 6.07) is 6.44. The average Bonchev–Trinajstić information content (AvgIpc) is 2.22. The van der Waals surface area contributed by atoms with Gasteiger partial charge in [0, 0.05) is 12.3 Å². The van der Waals surface area contributed by atoms with Crippen molar-refractivity contribution in [3.05, 3.63) is 34.9 Å². The Balaban J connectivity index is 2.80. The van der Waals surface area contributed by atoms with Crippen LogP contribution in [-0.2, 0) is 11.2 Å². The topological polar surface area (TPSA) is 17.1 Å². The van der Waals surface area contributed by atoms with Gasteiger partial charge in [-0.15, -0.1) is 0 Å². The molecule has 15 heavy (non-hydrogen) atoms. The molecule has 82 valence electrons. The molecule has 0 aliphatic carbocycles. The predicted molar refractivity (Wildman–Crippen MR) is 64.1 cm³/mol. The number of carbonyl (C=O) groups excluding carboxylic acids is 1. The molecular formula is C14H20O. The number of hydrogen-bond donors (Lipinski definition) is 0. The van der Waals surface area contributed by atoms with Crippen LogP contribution in [-0.4, -0.2) is 5.78 Å². The van der Waals surface area contributed by atoms with Gasteiger partial charge >= 0.3 is 0 Å². The maximum absolute atomic E-state index is 11.5. The average molecular weight is 204 g/mol. The van der Waals surface area contributed by atoms with Crippen molar-refractivity contribution in [2.45, 2.75) is 40.5 Å². The van der Waals surface area contributed by atoms with Gasteiger partial charge < -0.3 is 0 Å². The highest BCUT2D eigenvalue weighted by molar-refractivity contribution is 5.80. The van der Waals surface area contributed by atoms with E-state index in [0.29, 0.717) is 12.2 Å². The molecule has 0 heterocycles. The van der Waals surface area contributed by atoms with E-state index in [1.165, 1.54) is 16.7 Å². The summed E-state index contributed by atoms with van der Waals surface area (Å²) in [5.41, 5.74) is 3.87. The molecule has 0 fully saturated rings. The standard InChI is InChI=1S/C14H20O/c1-5-14(15)12(4)9-13-8-10(2)6-7-11(13)3/h6-8,12H,5,9H2,1-4H3. The largest absolute Gasteiger partial charge is 0.299 e. The fourth-order valence-corrected chi connectivity index (χ4v) is 1.81. The van der Waals surface area contributed by atoms with Gasteiger partial charge in [0.2, 0.25) is 0 Å². The molecule has 0 spiro atoms. The molecule has 0 aromatic heterocycles. The molecule has 0 aliphatic heterocycles. The maximum Gasteiger partial charge on any atom is 0.135 e. The number of rotatable bonds is 4. The Labute approximate surface area is 92.5 Å².